The first kappa shape index (κ1) is 15.7. The number of aliphatic hydroxyl groups is 1. The van der Waals surface area contributed by atoms with Gasteiger partial charge in [-0.05, 0) is 86.0 Å². The summed E-state index contributed by atoms with van der Waals surface area (Å²) in [6, 6.07) is 0. The highest BCUT2D eigenvalue weighted by Gasteiger charge is 2.64. The van der Waals surface area contributed by atoms with Gasteiger partial charge < -0.3 is 10.2 Å². The fourth-order valence-electron chi connectivity index (χ4n) is 7.48. The van der Waals surface area contributed by atoms with E-state index < -0.39 is 11.4 Å². The molecular formula is C20H30O3. The molecule has 2 bridgehead atoms. The van der Waals surface area contributed by atoms with Crippen LogP contribution in [0.2, 0.25) is 0 Å². The molecule has 0 aromatic heterocycles. The average molecular weight is 318 g/mol. The lowest BCUT2D eigenvalue weighted by atomic mass is 9.41. The second-order valence-corrected chi connectivity index (χ2v) is 9.31. The molecule has 128 valence electrons. The largest absolute Gasteiger partial charge is 0.481 e. The van der Waals surface area contributed by atoms with Gasteiger partial charge in [0.25, 0.3) is 0 Å². The van der Waals surface area contributed by atoms with Gasteiger partial charge in [-0.1, -0.05) is 19.4 Å². The standard InChI is InChI=1S/C20H30O3/c1-18-7-3-8-19(2,17(22)23)15(18)6-9-20-10-13(4-5-16(18)20)14(11-20)12-21/h11,13,15-16,21H,3-10,12H2,1-2H3,(H,22,23)/t13-,15?,16?,18-,19-,20+/m0/s1. The van der Waals surface area contributed by atoms with E-state index in [9.17, 15) is 15.0 Å². The molecule has 1 spiro atoms. The number of carboxylic acids is 1. The van der Waals surface area contributed by atoms with Crippen LogP contribution in [-0.2, 0) is 4.79 Å². The summed E-state index contributed by atoms with van der Waals surface area (Å²) >= 11 is 0. The number of rotatable bonds is 2. The first-order valence-corrected chi connectivity index (χ1v) is 9.42. The van der Waals surface area contributed by atoms with Gasteiger partial charge in [-0.15, -0.1) is 0 Å². The molecule has 4 rings (SSSR count). The smallest absolute Gasteiger partial charge is 0.309 e. The van der Waals surface area contributed by atoms with E-state index >= 15 is 0 Å². The van der Waals surface area contributed by atoms with Crippen molar-refractivity contribution in [3.8, 4) is 0 Å². The predicted octanol–water partition coefficient (Wildman–Crippen LogP) is 4.01. The summed E-state index contributed by atoms with van der Waals surface area (Å²) in [6.45, 7) is 4.62. The number of hydrogen-bond acceptors (Lipinski definition) is 2. The number of carbonyl (C=O) groups is 1. The molecule has 0 heterocycles. The van der Waals surface area contributed by atoms with Crippen LogP contribution in [0.4, 0.5) is 0 Å². The van der Waals surface area contributed by atoms with Crippen LogP contribution in [0.25, 0.3) is 0 Å². The Bertz CT molecular complexity index is 567. The maximum Gasteiger partial charge on any atom is 0.309 e. The second-order valence-electron chi connectivity index (χ2n) is 9.31. The highest BCUT2D eigenvalue weighted by molar-refractivity contribution is 5.75. The Hall–Kier alpha value is -0.830. The fraction of sp³-hybridized carbons (Fsp3) is 0.850. The molecule has 0 aliphatic heterocycles. The van der Waals surface area contributed by atoms with E-state index in [1.165, 1.54) is 31.3 Å². The van der Waals surface area contributed by atoms with E-state index in [0.29, 0.717) is 17.8 Å². The number of fused-ring (bicyclic) bond motifs is 3. The van der Waals surface area contributed by atoms with E-state index in [1.807, 2.05) is 6.92 Å². The zero-order valence-corrected chi connectivity index (χ0v) is 14.5. The van der Waals surface area contributed by atoms with Crippen molar-refractivity contribution in [1.82, 2.24) is 0 Å². The number of hydrogen-bond donors (Lipinski definition) is 2. The van der Waals surface area contributed by atoms with Gasteiger partial charge in [0.15, 0.2) is 0 Å². The Morgan fingerprint density at radius 2 is 1.96 bits per heavy atom. The third-order valence-electron chi connectivity index (χ3n) is 8.46. The quantitative estimate of drug-likeness (QED) is 0.756. The van der Waals surface area contributed by atoms with Gasteiger partial charge in [-0.3, -0.25) is 4.79 Å². The number of carboxylic acid groups (broad SMARTS) is 1. The summed E-state index contributed by atoms with van der Waals surface area (Å²) in [6.07, 6.45) is 11.3. The minimum Gasteiger partial charge on any atom is -0.481 e. The Morgan fingerprint density at radius 1 is 1.17 bits per heavy atom. The molecule has 23 heavy (non-hydrogen) atoms. The molecule has 3 saturated carbocycles. The summed E-state index contributed by atoms with van der Waals surface area (Å²) < 4.78 is 0. The first-order valence-electron chi connectivity index (χ1n) is 9.42. The molecule has 2 N–H and O–H groups in total. The molecule has 3 heteroatoms. The van der Waals surface area contributed by atoms with Crippen LogP contribution in [0.15, 0.2) is 11.6 Å². The molecule has 0 aromatic carbocycles. The van der Waals surface area contributed by atoms with Crippen molar-refractivity contribution in [2.24, 2.45) is 34.0 Å². The van der Waals surface area contributed by atoms with E-state index in [1.54, 1.807) is 0 Å². The van der Waals surface area contributed by atoms with Crippen LogP contribution in [-0.4, -0.2) is 22.8 Å². The summed E-state index contributed by atoms with van der Waals surface area (Å²) in [5.74, 6) is 0.912. The molecule has 0 amide bonds. The normalized spacial score (nSPS) is 51.6. The van der Waals surface area contributed by atoms with Gasteiger partial charge >= 0.3 is 5.97 Å². The summed E-state index contributed by atoms with van der Waals surface area (Å²) in [5.41, 5.74) is 1.12. The second kappa shape index (κ2) is 4.84. The Kier molecular flexibility index (Phi) is 3.30. The van der Waals surface area contributed by atoms with Gasteiger partial charge in [0, 0.05) is 0 Å². The molecule has 2 unspecified atom stereocenters. The van der Waals surface area contributed by atoms with E-state index in [-0.39, 0.29) is 17.4 Å². The van der Waals surface area contributed by atoms with Crippen LogP contribution < -0.4 is 0 Å². The molecule has 3 nitrogen and oxygen atoms in total. The maximum atomic E-state index is 12.0. The first-order chi connectivity index (χ1) is 10.9. The van der Waals surface area contributed by atoms with Crippen molar-refractivity contribution < 1.29 is 15.0 Å². The van der Waals surface area contributed by atoms with Crippen molar-refractivity contribution in [3.05, 3.63) is 11.6 Å². The number of allylic oxidation sites excluding steroid dienone is 1. The van der Waals surface area contributed by atoms with Crippen LogP contribution in [0.1, 0.15) is 65.2 Å². The average Bonchev–Trinajstić information content (AvgIpc) is 2.77. The molecule has 4 aliphatic rings. The zero-order valence-electron chi connectivity index (χ0n) is 14.5. The number of aliphatic carboxylic acids is 1. The van der Waals surface area contributed by atoms with Gasteiger partial charge in [-0.25, -0.2) is 0 Å². The monoisotopic (exact) mass is 318 g/mol. The third-order valence-corrected chi connectivity index (χ3v) is 8.46. The maximum absolute atomic E-state index is 12.0. The summed E-state index contributed by atoms with van der Waals surface area (Å²) in [5, 5.41) is 19.6. The fourth-order valence-corrected chi connectivity index (χ4v) is 7.48. The lowest BCUT2D eigenvalue weighted by Crippen LogP contribution is -2.58. The van der Waals surface area contributed by atoms with E-state index in [2.05, 4.69) is 13.0 Å². The van der Waals surface area contributed by atoms with Crippen molar-refractivity contribution in [3.63, 3.8) is 0 Å². The van der Waals surface area contributed by atoms with Gasteiger partial charge in [0.2, 0.25) is 0 Å². The zero-order chi connectivity index (χ0) is 16.5. The van der Waals surface area contributed by atoms with Crippen molar-refractivity contribution in [1.29, 1.82) is 0 Å². The van der Waals surface area contributed by atoms with Crippen LogP contribution >= 0.6 is 0 Å². The molecule has 0 aromatic rings. The van der Waals surface area contributed by atoms with Crippen LogP contribution in [0, 0.1) is 34.0 Å². The Labute approximate surface area is 139 Å². The van der Waals surface area contributed by atoms with Gasteiger partial charge in [-0.2, -0.15) is 0 Å². The van der Waals surface area contributed by atoms with E-state index in [4.69, 9.17) is 0 Å². The van der Waals surface area contributed by atoms with Crippen LogP contribution in [0.3, 0.4) is 0 Å². The van der Waals surface area contributed by atoms with Crippen molar-refractivity contribution in [2.75, 3.05) is 6.61 Å². The Morgan fingerprint density at radius 3 is 2.65 bits per heavy atom. The summed E-state index contributed by atoms with van der Waals surface area (Å²) in [4.78, 5) is 12.0. The minimum absolute atomic E-state index is 0.149. The van der Waals surface area contributed by atoms with Crippen LogP contribution in [0.5, 0.6) is 0 Å². The molecule has 0 saturated heterocycles. The molecular weight excluding hydrogens is 288 g/mol. The highest BCUT2D eigenvalue weighted by atomic mass is 16.4. The van der Waals surface area contributed by atoms with Crippen molar-refractivity contribution in [2.45, 2.75) is 65.2 Å². The predicted molar refractivity (Wildman–Crippen MR) is 88.9 cm³/mol. The lowest BCUT2D eigenvalue weighted by Gasteiger charge is -2.63. The molecule has 4 aliphatic carbocycles. The lowest BCUT2D eigenvalue weighted by molar-refractivity contribution is -0.177. The topological polar surface area (TPSA) is 57.5 Å². The Balaban J connectivity index is 1.75. The summed E-state index contributed by atoms with van der Waals surface area (Å²) in [7, 11) is 0. The third kappa shape index (κ3) is 1.89. The molecule has 0 radical (unpaired) electrons. The van der Waals surface area contributed by atoms with Gasteiger partial charge in [0.05, 0.1) is 12.0 Å². The van der Waals surface area contributed by atoms with E-state index in [0.717, 1.165) is 25.7 Å². The number of aliphatic hydroxyl groups excluding tert-OH is 1. The molecule has 3 fully saturated rings. The molecule has 6 atom stereocenters. The highest BCUT2D eigenvalue weighted by Crippen LogP contribution is 2.70. The van der Waals surface area contributed by atoms with Crippen molar-refractivity contribution >= 4 is 5.97 Å². The SMILES string of the molecule is C[C@]12CCC[C@](C)(C(=O)O)C1CC[C@@]13C=C(CO)[C@@H](CCC12)C3. The van der Waals surface area contributed by atoms with Gasteiger partial charge in [0.1, 0.15) is 0 Å². The minimum atomic E-state index is -0.587.